The quantitative estimate of drug-likeness (QED) is 0.903. The molecule has 19 heavy (non-hydrogen) atoms. The molecule has 0 saturated carbocycles. The van der Waals surface area contributed by atoms with Crippen molar-refractivity contribution in [2.75, 3.05) is 18.4 Å². The molecule has 1 aliphatic heterocycles. The van der Waals surface area contributed by atoms with Crippen LogP contribution in [0, 0.1) is 5.92 Å². The monoisotopic (exact) mass is 262 g/mol. The lowest BCUT2D eigenvalue weighted by Gasteiger charge is -2.20. The summed E-state index contributed by atoms with van der Waals surface area (Å²) < 4.78 is 0. The maximum absolute atomic E-state index is 12.3. The average Bonchev–Trinajstić information content (AvgIpc) is 2.75. The van der Waals surface area contributed by atoms with Gasteiger partial charge in [-0.25, -0.2) is 9.97 Å². The molecule has 0 spiro atoms. The number of anilines is 1. The van der Waals surface area contributed by atoms with E-state index in [-0.39, 0.29) is 5.91 Å². The Balaban J connectivity index is 2.03. The summed E-state index contributed by atoms with van der Waals surface area (Å²) in [6.45, 7) is 8.04. The fraction of sp³-hybridized carbons (Fsp3) is 0.643. The second-order valence-electron chi connectivity index (χ2n) is 5.36. The van der Waals surface area contributed by atoms with Crippen molar-refractivity contribution >= 4 is 11.7 Å². The standard InChI is InChI=1S/C14H22N4O/c1-4-5-15-13-8-16-12(7-17-13)14(19)18-9-10(2)6-11(18)3/h7-8,10-11H,4-6,9H2,1-3H3,(H,15,17). The molecule has 1 N–H and O–H groups in total. The van der Waals surface area contributed by atoms with E-state index in [0.717, 1.165) is 31.7 Å². The number of nitrogens with one attached hydrogen (secondary N) is 1. The number of carbonyl (C=O) groups excluding carboxylic acids is 1. The molecule has 2 rings (SSSR count). The van der Waals surface area contributed by atoms with Crippen molar-refractivity contribution < 1.29 is 4.79 Å². The van der Waals surface area contributed by atoms with Crippen LogP contribution in [-0.4, -0.2) is 39.9 Å². The zero-order valence-electron chi connectivity index (χ0n) is 11.9. The molecule has 0 bridgehead atoms. The molecule has 2 atom stereocenters. The molecule has 0 aliphatic carbocycles. The van der Waals surface area contributed by atoms with Gasteiger partial charge in [0.15, 0.2) is 0 Å². The highest BCUT2D eigenvalue weighted by Crippen LogP contribution is 2.23. The zero-order chi connectivity index (χ0) is 13.8. The number of carbonyl (C=O) groups is 1. The minimum Gasteiger partial charge on any atom is -0.369 e. The number of likely N-dealkylation sites (tertiary alicyclic amines) is 1. The van der Waals surface area contributed by atoms with Crippen LogP contribution in [0.25, 0.3) is 0 Å². The summed E-state index contributed by atoms with van der Waals surface area (Å²) in [7, 11) is 0. The van der Waals surface area contributed by atoms with Gasteiger partial charge < -0.3 is 10.2 Å². The van der Waals surface area contributed by atoms with Crippen LogP contribution in [0.4, 0.5) is 5.82 Å². The summed E-state index contributed by atoms with van der Waals surface area (Å²) in [6.07, 6.45) is 5.30. The second-order valence-corrected chi connectivity index (χ2v) is 5.36. The van der Waals surface area contributed by atoms with Crippen LogP contribution >= 0.6 is 0 Å². The lowest BCUT2D eigenvalue weighted by atomic mass is 10.1. The summed E-state index contributed by atoms with van der Waals surface area (Å²) in [6, 6.07) is 0.294. The summed E-state index contributed by atoms with van der Waals surface area (Å²) in [4.78, 5) is 22.7. The van der Waals surface area contributed by atoms with Gasteiger partial charge >= 0.3 is 0 Å². The van der Waals surface area contributed by atoms with Gasteiger partial charge in [0.05, 0.1) is 12.4 Å². The summed E-state index contributed by atoms with van der Waals surface area (Å²) in [5.41, 5.74) is 0.433. The van der Waals surface area contributed by atoms with E-state index in [0.29, 0.717) is 17.7 Å². The SMILES string of the molecule is CCCNc1cnc(C(=O)N2CC(C)CC2C)cn1. The first kappa shape index (κ1) is 13.8. The molecule has 1 saturated heterocycles. The van der Waals surface area contributed by atoms with Crippen LogP contribution in [0.3, 0.4) is 0 Å². The normalized spacial score (nSPS) is 22.6. The Morgan fingerprint density at radius 1 is 1.42 bits per heavy atom. The van der Waals surface area contributed by atoms with Gasteiger partial charge in [0.1, 0.15) is 11.5 Å². The molecule has 104 valence electrons. The highest BCUT2D eigenvalue weighted by atomic mass is 16.2. The predicted molar refractivity (Wildman–Crippen MR) is 75.1 cm³/mol. The van der Waals surface area contributed by atoms with Gasteiger partial charge in [0, 0.05) is 19.1 Å². The van der Waals surface area contributed by atoms with Gasteiger partial charge in [-0.15, -0.1) is 0 Å². The van der Waals surface area contributed by atoms with Crippen LogP contribution in [-0.2, 0) is 0 Å². The third-order valence-corrected chi connectivity index (χ3v) is 3.47. The van der Waals surface area contributed by atoms with Crippen molar-refractivity contribution in [3.05, 3.63) is 18.1 Å². The van der Waals surface area contributed by atoms with E-state index in [2.05, 4.69) is 36.1 Å². The van der Waals surface area contributed by atoms with Gasteiger partial charge in [-0.1, -0.05) is 13.8 Å². The van der Waals surface area contributed by atoms with Crippen LogP contribution in [0.15, 0.2) is 12.4 Å². The Kier molecular flexibility index (Phi) is 4.35. The van der Waals surface area contributed by atoms with Crippen molar-refractivity contribution in [1.29, 1.82) is 0 Å². The number of hydrogen-bond acceptors (Lipinski definition) is 4. The van der Waals surface area contributed by atoms with Crippen molar-refractivity contribution in [3.63, 3.8) is 0 Å². The maximum atomic E-state index is 12.3. The molecular formula is C14H22N4O. The lowest BCUT2D eigenvalue weighted by molar-refractivity contribution is 0.0737. The molecule has 0 radical (unpaired) electrons. The predicted octanol–water partition coefficient (Wildman–Crippen LogP) is 2.17. The Hall–Kier alpha value is -1.65. The van der Waals surface area contributed by atoms with Crippen molar-refractivity contribution in [1.82, 2.24) is 14.9 Å². The lowest BCUT2D eigenvalue weighted by Crippen LogP contribution is -2.34. The first-order valence-corrected chi connectivity index (χ1v) is 6.98. The number of rotatable bonds is 4. The fourth-order valence-electron chi connectivity index (χ4n) is 2.51. The summed E-state index contributed by atoms with van der Waals surface area (Å²) in [5, 5.41) is 3.15. The summed E-state index contributed by atoms with van der Waals surface area (Å²) in [5.74, 6) is 1.28. The molecular weight excluding hydrogens is 240 g/mol. The molecule has 2 heterocycles. The second kappa shape index (κ2) is 5.99. The molecule has 1 aromatic rings. The number of amides is 1. The van der Waals surface area contributed by atoms with Crippen LogP contribution in [0.2, 0.25) is 0 Å². The highest BCUT2D eigenvalue weighted by Gasteiger charge is 2.31. The molecule has 1 amide bonds. The third kappa shape index (κ3) is 3.22. The highest BCUT2D eigenvalue weighted by molar-refractivity contribution is 5.92. The van der Waals surface area contributed by atoms with Crippen molar-refractivity contribution in [2.24, 2.45) is 5.92 Å². The third-order valence-electron chi connectivity index (χ3n) is 3.47. The Bertz CT molecular complexity index is 432. The van der Waals surface area contributed by atoms with E-state index < -0.39 is 0 Å². The summed E-state index contributed by atoms with van der Waals surface area (Å²) >= 11 is 0. The number of nitrogens with zero attached hydrogens (tertiary/aromatic N) is 3. The molecule has 1 aliphatic rings. The van der Waals surface area contributed by atoms with Crippen LogP contribution in [0.1, 0.15) is 44.1 Å². The maximum Gasteiger partial charge on any atom is 0.274 e. The molecule has 0 aromatic carbocycles. The Morgan fingerprint density at radius 2 is 2.21 bits per heavy atom. The smallest absolute Gasteiger partial charge is 0.274 e. The van der Waals surface area contributed by atoms with Gasteiger partial charge in [0.25, 0.3) is 5.91 Å². The topological polar surface area (TPSA) is 58.1 Å². The van der Waals surface area contributed by atoms with Crippen molar-refractivity contribution in [2.45, 2.75) is 39.7 Å². The number of hydrogen-bond donors (Lipinski definition) is 1. The minimum atomic E-state index is -0.00797. The molecule has 1 aromatic heterocycles. The average molecular weight is 262 g/mol. The van der Waals surface area contributed by atoms with E-state index in [1.807, 2.05) is 4.90 Å². The van der Waals surface area contributed by atoms with Gasteiger partial charge in [-0.05, 0) is 25.7 Å². The zero-order valence-corrected chi connectivity index (χ0v) is 11.9. The number of aromatic nitrogens is 2. The van der Waals surface area contributed by atoms with Crippen molar-refractivity contribution in [3.8, 4) is 0 Å². The van der Waals surface area contributed by atoms with E-state index in [4.69, 9.17) is 0 Å². The van der Waals surface area contributed by atoms with Gasteiger partial charge in [0.2, 0.25) is 0 Å². The van der Waals surface area contributed by atoms with Gasteiger partial charge in [-0.3, -0.25) is 4.79 Å². The molecule has 5 nitrogen and oxygen atoms in total. The van der Waals surface area contributed by atoms with Crippen LogP contribution in [0.5, 0.6) is 0 Å². The molecule has 5 heteroatoms. The Labute approximate surface area is 114 Å². The first-order valence-electron chi connectivity index (χ1n) is 6.98. The van der Waals surface area contributed by atoms with E-state index in [9.17, 15) is 4.79 Å². The largest absolute Gasteiger partial charge is 0.369 e. The fourth-order valence-corrected chi connectivity index (χ4v) is 2.51. The minimum absolute atomic E-state index is 0.00797. The van der Waals surface area contributed by atoms with E-state index in [1.54, 1.807) is 12.4 Å². The van der Waals surface area contributed by atoms with E-state index in [1.165, 1.54) is 0 Å². The Morgan fingerprint density at radius 3 is 2.74 bits per heavy atom. The van der Waals surface area contributed by atoms with E-state index >= 15 is 0 Å². The van der Waals surface area contributed by atoms with Gasteiger partial charge in [-0.2, -0.15) is 0 Å². The molecule has 1 fully saturated rings. The molecule has 2 unspecified atom stereocenters. The first-order chi connectivity index (χ1) is 9.11. The van der Waals surface area contributed by atoms with Crippen LogP contribution < -0.4 is 5.32 Å².